The molecule has 230 valence electrons. The van der Waals surface area contributed by atoms with Crippen LogP contribution in [0.5, 0.6) is 0 Å². The predicted octanol–water partition coefficient (Wildman–Crippen LogP) is 6.79. The molecule has 4 aromatic rings. The second kappa shape index (κ2) is 13.2. The summed E-state index contributed by atoms with van der Waals surface area (Å²) in [6, 6.07) is 27.6. The molecule has 1 N–H and O–H groups in total. The minimum absolute atomic E-state index is 0.00744. The number of morpholine rings is 1. The fourth-order valence-electron chi connectivity index (χ4n) is 6.35. The Kier molecular flexibility index (Phi) is 9.55. The van der Waals surface area contributed by atoms with E-state index in [-0.39, 0.29) is 40.2 Å². The highest BCUT2D eigenvalue weighted by molar-refractivity contribution is 6.99. The molecule has 0 unspecified atom stereocenters. The first-order chi connectivity index (χ1) is 21.1. The Morgan fingerprint density at radius 2 is 1.57 bits per heavy atom. The minimum atomic E-state index is -2.95. The third-order valence-corrected chi connectivity index (χ3v) is 13.4. The lowest BCUT2D eigenvalue weighted by Gasteiger charge is -2.43. The van der Waals surface area contributed by atoms with Gasteiger partial charge in [0.25, 0.3) is 8.32 Å². The van der Waals surface area contributed by atoms with E-state index in [0.717, 1.165) is 10.4 Å². The van der Waals surface area contributed by atoms with Crippen molar-refractivity contribution in [1.82, 2.24) is 4.98 Å². The lowest BCUT2D eigenvalue weighted by molar-refractivity contribution is -0.00532. The molecule has 1 aliphatic heterocycles. The van der Waals surface area contributed by atoms with E-state index in [1.54, 1.807) is 30.5 Å². The summed E-state index contributed by atoms with van der Waals surface area (Å²) >= 11 is 6.94. The Labute approximate surface area is 265 Å². The summed E-state index contributed by atoms with van der Waals surface area (Å²) in [5.74, 6) is -0.680. The molecule has 2 atom stereocenters. The molecule has 44 heavy (non-hydrogen) atoms. The SMILES string of the molecule is C[C@@H]1CN(c2c(CO[Si](c3ccccc3)(c3ccccc3)C(C)(C)C)cc(/C(=N/O)c3ccccn3)c(F)c2Cl)C[C@H](C)O1. The third kappa shape index (κ3) is 6.17. The van der Waals surface area contributed by atoms with Crippen LogP contribution in [-0.2, 0) is 15.8 Å². The lowest BCUT2D eigenvalue weighted by atomic mass is 10.0. The van der Waals surface area contributed by atoms with E-state index in [1.165, 1.54) is 0 Å². The van der Waals surface area contributed by atoms with E-state index in [9.17, 15) is 5.21 Å². The van der Waals surface area contributed by atoms with E-state index in [0.29, 0.717) is 30.0 Å². The summed E-state index contributed by atoms with van der Waals surface area (Å²) in [6.45, 7) is 11.9. The summed E-state index contributed by atoms with van der Waals surface area (Å²) in [6.07, 6.45) is 1.41. The molecule has 2 heterocycles. The molecule has 0 bridgehead atoms. The number of rotatable bonds is 8. The fourth-order valence-corrected chi connectivity index (χ4v) is 11.2. The molecule has 6 nitrogen and oxygen atoms in total. The van der Waals surface area contributed by atoms with Crippen LogP contribution in [0.25, 0.3) is 0 Å². The van der Waals surface area contributed by atoms with Crippen LogP contribution in [0.4, 0.5) is 10.1 Å². The summed E-state index contributed by atoms with van der Waals surface area (Å²) in [5, 5.41) is 15.5. The number of hydrogen-bond donors (Lipinski definition) is 1. The highest BCUT2D eigenvalue weighted by atomic mass is 35.5. The highest BCUT2D eigenvalue weighted by Crippen LogP contribution is 2.41. The summed E-state index contributed by atoms with van der Waals surface area (Å²) in [4.78, 5) is 6.38. The minimum Gasteiger partial charge on any atom is -0.410 e. The lowest BCUT2D eigenvalue weighted by Crippen LogP contribution is -2.66. The normalized spacial score (nSPS) is 18.0. The second-order valence-electron chi connectivity index (χ2n) is 12.3. The first kappa shape index (κ1) is 31.8. The number of hydrogen-bond acceptors (Lipinski definition) is 6. The smallest absolute Gasteiger partial charge is 0.261 e. The first-order valence-corrected chi connectivity index (χ1v) is 17.2. The molecule has 1 aliphatic rings. The van der Waals surface area contributed by atoms with Crippen LogP contribution in [0.1, 0.15) is 51.4 Å². The zero-order valence-electron chi connectivity index (χ0n) is 25.8. The van der Waals surface area contributed by atoms with Crippen LogP contribution < -0.4 is 15.3 Å². The van der Waals surface area contributed by atoms with Crippen molar-refractivity contribution in [2.75, 3.05) is 18.0 Å². The topological polar surface area (TPSA) is 67.2 Å². The molecule has 0 aliphatic carbocycles. The van der Waals surface area contributed by atoms with Gasteiger partial charge in [-0.25, -0.2) is 4.39 Å². The van der Waals surface area contributed by atoms with Gasteiger partial charge < -0.3 is 19.3 Å². The van der Waals surface area contributed by atoms with Crippen LogP contribution in [0.15, 0.2) is 96.3 Å². The van der Waals surface area contributed by atoms with Gasteiger partial charge >= 0.3 is 0 Å². The Morgan fingerprint density at radius 1 is 1.00 bits per heavy atom. The standard InChI is InChI=1S/C35H39ClFN3O3Si/c1-24-21-40(22-25(2)43-24)34-26(20-29(32(37)31(34)36)33(39-41)30-18-12-13-19-38-30)23-42-44(35(3,4)5,27-14-8-6-9-15-27)28-16-10-7-11-17-28/h6-20,24-25,41H,21-23H2,1-5H3/b39-33-/t24-,25+. The van der Waals surface area contributed by atoms with Gasteiger partial charge in [0.1, 0.15) is 10.7 Å². The molecular weight excluding hydrogens is 593 g/mol. The van der Waals surface area contributed by atoms with Crippen LogP contribution in [0.3, 0.4) is 0 Å². The highest BCUT2D eigenvalue weighted by Gasteiger charge is 2.50. The first-order valence-electron chi connectivity index (χ1n) is 14.9. The molecule has 9 heteroatoms. The number of nitrogens with zero attached hydrogens (tertiary/aromatic N) is 3. The van der Waals surface area contributed by atoms with Crippen LogP contribution >= 0.6 is 11.6 Å². The van der Waals surface area contributed by atoms with Crippen molar-refractivity contribution in [3.63, 3.8) is 0 Å². The number of aromatic nitrogens is 1. The van der Waals surface area contributed by atoms with Gasteiger partial charge in [0.15, 0.2) is 5.82 Å². The van der Waals surface area contributed by atoms with Crippen molar-refractivity contribution in [1.29, 1.82) is 0 Å². The van der Waals surface area contributed by atoms with Gasteiger partial charge in [-0.2, -0.15) is 0 Å². The number of anilines is 1. The van der Waals surface area contributed by atoms with E-state index in [4.69, 9.17) is 20.8 Å². The average molecular weight is 632 g/mol. The molecule has 0 radical (unpaired) electrons. The maximum absolute atomic E-state index is 16.3. The van der Waals surface area contributed by atoms with Gasteiger partial charge in [0.2, 0.25) is 0 Å². The van der Waals surface area contributed by atoms with Crippen LogP contribution in [0.2, 0.25) is 10.1 Å². The van der Waals surface area contributed by atoms with Gasteiger partial charge in [0, 0.05) is 30.4 Å². The van der Waals surface area contributed by atoms with Crippen molar-refractivity contribution in [3.05, 3.63) is 119 Å². The van der Waals surface area contributed by atoms with Crippen molar-refractivity contribution < 1.29 is 18.8 Å². The number of halogens is 2. The van der Waals surface area contributed by atoms with E-state index in [2.05, 4.69) is 60.1 Å². The van der Waals surface area contributed by atoms with Gasteiger partial charge in [-0.05, 0) is 47.5 Å². The maximum Gasteiger partial charge on any atom is 0.261 e. The number of benzene rings is 3. The molecular formula is C35H39ClFN3O3Si. The third-order valence-electron chi connectivity index (χ3n) is 8.12. The van der Waals surface area contributed by atoms with Crippen molar-refractivity contribution in [2.24, 2.45) is 5.16 Å². The van der Waals surface area contributed by atoms with E-state index in [1.807, 2.05) is 50.2 Å². The summed E-state index contributed by atoms with van der Waals surface area (Å²) in [5.41, 5.74) is 1.62. The van der Waals surface area contributed by atoms with Crippen molar-refractivity contribution >= 4 is 41.7 Å². The number of ether oxygens (including phenoxy) is 1. The van der Waals surface area contributed by atoms with Gasteiger partial charge in [-0.3, -0.25) is 4.98 Å². The quantitative estimate of drug-likeness (QED) is 0.100. The summed E-state index contributed by atoms with van der Waals surface area (Å²) < 4.78 is 29.6. The molecule has 0 amide bonds. The zero-order chi connectivity index (χ0) is 31.5. The number of pyridine rings is 1. The van der Waals surface area contributed by atoms with Crippen molar-refractivity contribution in [3.8, 4) is 0 Å². The fraction of sp³-hybridized carbons (Fsp3) is 0.314. The monoisotopic (exact) mass is 631 g/mol. The van der Waals surface area contributed by atoms with E-state index < -0.39 is 14.1 Å². The molecule has 1 aromatic heterocycles. The van der Waals surface area contributed by atoms with Crippen molar-refractivity contribution in [2.45, 2.75) is 58.5 Å². The summed E-state index contributed by atoms with van der Waals surface area (Å²) in [7, 11) is -2.95. The van der Waals surface area contributed by atoms with Crippen LogP contribution in [0, 0.1) is 5.82 Å². The van der Waals surface area contributed by atoms with Gasteiger partial charge in [0.05, 0.1) is 30.2 Å². The predicted molar refractivity (Wildman–Crippen MR) is 178 cm³/mol. The molecule has 5 rings (SSSR count). The number of oxime groups is 1. The molecule has 1 fully saturated rings. The largest absolute Gasteiger partial charge is 0.410 e. The maximum atomic E-state index is 16.3. The zero-order valence-corrected chi connectivity index (χ0v) is 27.6. The average Bonchev–Trinajstić information content (AvgIpc) is 3.00. The Morgan fingerprint density at radius 3 is 2.07 bits per heavy atom. The Hall–Kier alpha value is -3.56. The van der Waals surface area contributed by atoms with E-state index >= 15 is 4.39 Å². The molecule has 0 saturated carbocycles. The van der Waals surface area contributed by atoms with Gasteiger partial charge in [-0.1, -0.05) is 104 Å². The van der Waals surface area contributed by atoms with Gasteiger partial charge in [-0.15, -0.1) is 0 Å². The Balaban J connectivity index is 1.70. The molecule has 3 aromatic carbocycles. The Bertz CT molecular complexity index is 1550. The van der Waals surface area contributed by atoms with Crippen LogP contribution in [-0.4, -0.2) is 49.5 Å². The second-order valence-corrected chi connectivity index (χ2v) is 17.0. The molecule has 0 spiro atoms. The molecule has 1 saturated heterocycles.